The molecule has 0 spiro atoms. The Kier molecular flexibility index (Phi) is 2.81. The van der Waals surface area contributed by atoms with E-state index in [-0.39, 0.29) is 4.75 Å². The number of nitrogens with two attached hydrogens (primary N) is 1. The summed E-state index contributed by atoms with van der Waals surface area (Å²) in [6.07, 6.45) is 0. The van der Waals surface area contributed by atoms with E-state index in [1.165, 1.54) is 10.5 Å². The summed E-state index contributed by atoms with van der Waals surface area (Å²) < 4.78 is 5.36. The Hall–Kier alpha value is -0.510. The van der Waals surface area contributed by atoms with Crippen LogP contribution >= 0.6 is 11.8 Å². The highest BCUT2D eigenvalue weighted by molar-refractivity contribution is 8.00. The van der Waals surface area contributed by atoms with Crippen LogP contribution in [0, 0.1) is 6.92 Å². The Labute approximate surface area is 88.8 Å². The Morgan fingerprint density at radius 2 is 2.29 bits per heavy atom. The predicted octanol–water partition coefficient (Wildman–Crippen LogP) is 1.81. The molecule has 1 heterocycles. The fourth-order valence-electron chi connectivity index (χ4n) is 1.48. The Balaban J connectivity index is 2.09. The summed E-state index contributed by atoms with van der Waals surface area (Å²) in [5.74, 6) is 0. The average molecular weight is 209 g/mol. The first kappa shape index (κ1) is 10.0. The van der Waals surface area contributed by atoms with Crippen molar-refractivity contribution in [3.63, 3.8) is 0 Å². The van der Waals surface area contributed by atoms with Crippen molar-refractivity contribution in [2.45, 2.75) is 16.6 Å². The topological polar surface area (TPSA) is 35.2 Å². The van der Waals surface area contributed by atoms with Gasteiger partial charge >= 0.3 is 0 Å². The highest BCUT2D eigenvalue weighted by Gasteiger charge is 2.38. The summed E-state index contributed by atoms with van der Waals surface area (Å²) in [6, 6.07) is 8.52. The molecule has 0 saturated carbocycles. The molecule has 0 radical (unpaired) electrons. The number of aryl methyl sites for hydroxylation is 1. The Morgan fingerprint density at radius 3 is 2.79 bits per heavy atom. The monoisotopic (exact) mass is 209 g/mol. The molecule has 2 N–H and O–H groups in total. The fourth-order valence-corrected chi connectivity index (χ4v) is 2.74. The molecule has 0 atom stereocenters. The summed E-state index contributed by atoms with van der Waals surface area (Å²) in [4.78, 5) is 1.29. The predicted molar refractivity (Wildman–Crippen MR) is 59.6 cm³/mol. The van der Waals surface area contributed by atoms with E-state index in [2.05, 4.69) is 31.2 Å². The smallest absolute Gasteiger partial charge is 0.0794 e. The third-order valence-electron chi connectivity index (χ3n) is 2.43. The minimum atomic E-state index is 0.133. The molecule has 1 aliphatic rings. The van der Waals surface area contributed by atoms with Gasteiger partial charge in [-0.15, -0.1) is 11.8 Å². The van der Waals surface area contributed by atoms with E-state index in [1.807, 2.05) is 11.8 Å². The van der Waals surface area contributed by atoms with Crippen LogP contribution in [-0.4, -0.2) is 24.5 Å². The first-order valence-corrected chi connectivity index (χ1v) is 5.59. The molecule has 0 bridgehead atoms. The number of hydrogen-bond donors (Lipinski definition) is 1. The van der Waals surface area contributed by atoms with Gasteiger partial charge in [0, 0.05) is 11.4 Å². The van der Waals surface area contributed by atoms with Crippen molar-refractivity contribution < 1.29 is 4.74 Å². The summed E-state index contributed by atoms with van der Waals surface area (Å²) in [5.41, 5.74) is 7.05. The first-order chi connectivity index (χ1) is 6.74. The average Bonchev–Trinajstić information content (AvgIpc) is 2.11. The van der Waals surface area contributed by atoms with Gasteiger partial charge in [-0.3, -0.25) is 0 Å². The van der Waals surface area contributed by atoms with Crippen molar-refractivity contribution in [2.24, 2.45) is 5.73 Å². The van der Waals surface area contributed by atoms with Crippen LogP contribution in [0.4, 0.5) is 0 Å². The summed E-state index contributed by atoms with van der Waals surface area (Å²) >= 11 is 1.84. The number of thioether (sulfide) groups is 1. The van der Waals surface area contributed by atoms with Crippen LogP contribution < -0.4 is 5.73 Å². The number of benzene rings is 1. The van der Waals surface area contributed by atoms with E-state index < -0.39 is 0 Å². The lowest BCUT2D eigenvalue weighted by atomic mass is 10.1. The lowest BCUT2D eigenvalue weighted by molar-refractivity contribution is -0.00434. The molecule has 2 nitrogen and oxygen atoms in total. The largest absolute Gasteiger partial charge is 0.378 e. The van der Waals surface area contributed by atoms with E-state index in [1.54, 1.807) is 0 Å². The van der Waals surface area contributed by atoms with Crippen LogP contribution in [0.3, 0.4) is 0 Å². The second kappa shape index (κ2) is 3.93. The third kappa shape index (κ3) is 1.95. The quantitative estimate of drug-likeness (QED) is 0.824. The molecular formula is C11H15NOS. The molecule has 2 rings (SSSR count). The van der Waals surface area contributed by atoms with Crippen molar-refractivity contribution in [3.05, 3.63) is 29.8 Å². The van der Waals surface area contributed by atoms with Gasteiger partial charge in [0.05, 0.1) is 18.0 Å². The van der Waals surface area contributed by atoms with Crippen LogP contribution in [-0.2, 0) is 4.74 Å². The maximum atomic E-state index is 5.75. The minimum Gasteiger partial charge on any atom is -0.378 e. The lowest BCUT2D eigenvalue weighted by Crippen LogP contribution is -2.52. The van der Waals surface area contributed by atoms with Crippen LogP contribution in [0.15, 0.2) is 29.2 Å². The molecule has 0 amide bonds. The van der Waals surface area contributed by atoms with Crippen molar-refractivity contribution in [2.75, 3.05) is 19.8 Å². The van der Waals surface area contributed by atoms with E-state index in [4.69, 9.17) is 10.5 Å². The van der Waals surface area contributed by atoms with Crippen molar-refractivity contribution in [3.8, 4) is 0 Å². The van der Waals surface area contributed by atoms with Crippen LogP contribution in [0.25, 0.3) is 0 Å². The second-order valence-corrected chi connectivity index (χ2v) is 5.34. The highest BCUT2D eigenvalue weighted by Crippen LogP contribution is 2.37. The molecule has 1 aliphatic heterocycles. The van der Waals surface area contributed by atoms with E-state index in [9.17, 15) is 0 Å². The van der Waals surface area contributed by atoms with E-state index in [0.29, 0.717) is 6.54 Å². The first-order valence-electron chi connectivity index (χ1n) is 4.78. The van der Waals surface area contributed by atoms with Crippen LogP contribution in [0.5, 0.6) is 0 Å². The van der Waals surface area contributed by atoms with Crippen molar-refractivity contribution in [1.29, 1.82) is 0 Å². The van der Waals surface area contributed by atoms with Gasteiger partial charge in [-0.2, -0.15) is 0 Å². The maximum Gasteiger partial charge on any atom is 0.0794 e. The number of ether oxygens (including phenoxy) is 1. The van der Waals surface area contributed by atoms with E-state index >= 15 is 0 Å². The van der Waals surface area contributed by atoms with Gasteiger partial charge in [0.15, 0.2) is 0 Å². The summed E-state index contributed by atoms with van der Waals surface area (Å²) in [7, 11) is 0. The van der Waals surface area contributed by atoms with Crippen LogP contribution in [0.2, 0.25) is 0 Å². The molecular weight excluding hydrogens is 194 g/mol. The SMILES string of the molecule is Cc1cccc(SC2(CN)COC2)c1. The van der Waals surface area contributed by atoms with Gasteiger partial charge in [0.25, 0.3) is 0 Å². The van der Waals surface area contributed by atoms with Gasteiger partial charge < -0.3 is 10.5 Å². The Bertz CT molecular complexity index is 317. The molecule has 1 aromatic rings. The normalized spacial score (nSPS) is 19.0. The lowest BCUT2D eigenvalue weighted by Gasteiger charge is -2.39. The molecule has 0 unspecified atom stereocenters. The molecule has 0 aromatic heterocycles. The maximum absolute atomic E-state index is 5.75. The van der Waals surface area contributed by atoms with Gasteiger partial charge in [-0.1, -0.05) is 17.7 Å². The summed E-state index contributed by atoms with van der Waals surface area (Å²) in [6.45, 7) is 4.35. The van der Waals surface area contributed by atoms with Gasteiger partial charge in [0.1, 0.15) is 0 Å². The standard InChI is InChI=1S/C11H15NOS/c1-9-3-2-4-10(5-9)14-11(6-12)7-13-8-11/h2-5H,6-8,12H2,1H3. The highest BCUT2D eigenvalue weighted by atomic mass is 32.2. The molecule has 0 aliphatic carbocycles. The van der Waals surface area contributed by atoms with Gasteiger partial charge in [-0.05, 0) is 19.1 Å². The molecule has 1 fully saturated rings. The zero-order chi connectivity index (χ0) is 10.0. The minimum absolute atomic E-state index is 0.133. The van der Waals surface area contributed by atoms with Crippen LogP contribution in [0.1, 0.15) is 5.56 Å². The third-order valence-corrected chi connectivity index (χ3v) is 3.75. The molecule has 1 saturated heterocycles. The Morgan fingerprint density at radius 1 is 1.50 bits per heavy atom. The second-order valence-electron chi connectivity index (χ2n) is 3.80. The number of hydrogen-bond acceptors (Lipinski definition) is 3. The summed E-state index contributed by atoms with van der Waals surface area (Å²) in [5, 5.41) is 0. The van der Waals surface area contributed by atoms with Crippen molar-refractivity contribution in [1.82, 2.24) is 0 Å². The van der Waals surface area contributed by atoms with E-state index in [0.717, 1.165) is 13.2 Å². The van der Waals surface area contributed by atoms with Crippen molar-refractivity contribution >= 4 is 11.8 Å². The molecule has 1 aromatic carbocycles. The number of rotatable bonds is 3. The molecule has 76 valence electrons. The fraction of sp³-hybridized carbons (Fsp3) is 0.455. The molecule has 3 heteroatoms. The van der Waals surface area contributed by atoms with Gasteiger partial charge in [0.2, 0.25) is 0 Å². The zero-order valence-electron chi connectivity index (χ0n) is 8.32. The van der Waals surface area contributed by atoms with Gasteiger partial charge in [-0.25, -0.2) is 0 Å². The zero-order valence-corrected chi connectivity index (χ0v) is 9.14. The molecule has 14 heavy (non-hydrogen) atoms.